The lowest BCUT2D eigenvalue weighted by atomic mass is 9.65. The number of hydrogen-bond donors (Lipinski definition) is 0. The third-order valence-electron chi connectivity index (χ3n) is 5.23. The molecule has 1 unspecified atom stereocenters. The fourth-order valence-electron chi connectivity index (χ4n) is 4.61. The van der Waals surface area contributed by atoms with E-state index in [-0.39, 0.29) is 0 Å². The van der Waals surface area contributed by atoms with Crippen LogP contribution in [0.25, 0.3) is 0 Å². The Bertz CT molecular complexity index is 210. The summed E-state index contributed by atoms with van der Waals surface area (Å²) >= 11 is 0. The summed E-state index contributed by atoms with van der Waals surface area (Å²) in [4.78, 5) is 0. The zero-order chi connectivity index (χ0) is 11.6. The predicted octanol–water partition coefficient (Wildman–Crippen LogP) is 5.38. The van der Waals surface area contributed by atoms with Crippen molar-refractivity contribution >= 4 is 0 Å². The first-order valence-corrected chi connectivity index (χ1v) is 7.55. The maximum absolute atomic E-state index is 2.42. The molecular weight excluding hydrogens is 192 g/mol. The van der Waals surface area contributed by atoms with Crippen LogP contribution in [-0.2, 0) is 0 Å². The van der Waals surface area contributed by atoms with E-state index in [4.69, 9.17) is 0 Å². The van der Waals surface area contributed by atoms with Crippen molar-refractivity contribution in [2.45, 2.75) is 78.6 Å². The van der Waals surface area contributed by atoms with Gasteiger partial charge in [-0.1, -0.05) is 46.5 Å². The van der Waals surface area contributed by atoms with Crippen molar-refractivity contribution in [3.05, 3.63) is 5.92 Å². The van der Waals surface area contributed by atoms with Crippen molar-refractivity contribution in [3.63, 3.8) is 0 Å². The lowest BCUT2D eigenvalue weighted by Crippen LogP contribution is -2.31. The van der Waals surface area contributed by atoms with Crippen molar-refractivity contribution in [1.82, 2.24) is 0 Å². The molecule has 2 fully saturated rings. The van der Waals surface area contributed by atoms with Crippen LogP contribution in [0.2, 0.25) is 0 Å². The molecule has 2 aliphatic rings. The van der Waals surface area contributed by atoms with Gasteiger partial charge in [0.05, 0.1) is 0 Å². The van der Waals surface area contributed by atoms with E-state index >= 15 is 0 Å². The molecule has 93 valence electrons. The molecule has 2 aliphatic carbocycles. The van der Waals surface area contributed by atoms with Crippen molar-refractivity contribution < 1.29 is 0 Å². The summed E-state index contributed by atoms with van der Waals surface area (Å²) in [7, 11) is 0. The van der Waals surface area contributed by atoms with Crippen LogP contribution in [0, 0.1) is 23.2 Å². The molecule has 0 aromatic heterocycles. The van der Waals surface area contributed by atoms with Gasteiger partial charge in [0, 0.05) is 0 Å². The molecule has 0 aliphatic heterocycles. The summed E-state index contributed by atoms with van der Waals surface area (Å²) in [5.74, 6) is 3.76. The van der Waals surface area contributed by atoms with Crippen molar-refractivity contribution in [2.24, 2.45) is 17.3 Å². The third kappa shape index (κ3) is 2.17. The first-order chi connectivity index (χ1) is 7.69. The second-order valence-electron chi connectivity index (χ2n) is 6.49. The summed E-state index contributed by atoms with van der Waals surface area (Å²) < 4.78 is 0. The fraction of sp³-hybridized carbons (Fsp3) is 0.938. The molecule has 2 saturated carbocycles. The second-order valence-corrected chi connectivity index (χ2v) is 6.49. The summed E-state index contributed by atoms with van der Waals surface area (Å²) in [6.07, 6.45) is 13.4. The van der Waals surface area contributed by atoms with Gasteiger partial charge in [0.15, 0.2) is 0 Å². The molecule has 0 amide bonds. The van der Waals surface area contributed by atoms with Gasteiger partial charge in [-0.2, -0.15) is 0 Å². The van der Waals surface area contributed by atoms with Crippen LogP contribution in [0.5, 0.6) is 0 Å². The maximum Gasteiger partial charge on any atom is -0.0179 e. The highest BCUT2D eigenvalue weighted by Crippen LogP contribution is 2.57. The minimum absolute atomic E-state index is 0.741. The molecule has 0 aromatic carbocycles. The van der Waals surface area contributed by atoms with Crippen LogP contribution in [0.15, 0.2) is 0 Å². The Kier molecular flexibility index (Phi) is 3.97. The maximum atomic E-state index is 2.42. The molecule has 0 heterocycles. The van der Waals surface area contributed by atoms with Crippen molar-refractivity contribution in [2.75, 3.05) is 0 Å². The van der Waals surface area contributed by atoms with E-state index in [0.717, 1.165) is 17.3 Å². The van der Waals surface area contributed by atoms with E-state index in [2.05, 4.69) is 20.8 Å². The lowest BCUT2D eigenvalue weighted by Gasteiger charge is -2.40. The summed E-state index contributed by atoms with van der Waals surface area (Å²) in [6, 6.07) is 0. The van der Waals surface area contributed by atoms with E-state index in [1.807, 2.05) is 5.92 Å². The van der Waals surface area contributed by atoms with Gasteiger partial charge >= 0.3 is 0 Å². The zero-order valence-corrected chi connectivity index (χ0v) is 11.5. The predicted molar refractivity (Wildman–Crippen MR) is 71.2 cm³/mol. The third-order valence-corrected chi connectivity index (χ3v) is 5.23. The molecule has 1 atom stereocenters. The Labute approximate surface area is 102 Å². The van der Waals surface area contributed by atoms with Crippen LogP contribution in [-0.4, -0.2) is 0 Å². The smallest absolute Gasteiger partial charge is 0.0179 e. The molecule has 0 spiro atoms. The largest absolute Gasteiger partial charge is 0.0654 e. The molecule has 0 aromatic rings. The minimum Gasteiger partial charge on any atom is -0.0654 e. The Hall–Kier alpha value is 0. The molecule has 1 radical (unpaired) electrons. The fourth-order valence-corrected chi connectivity index (χ4v) is 4.61. The van der Waals surface area contributed by atoms with Crippen molar-refractivity contribution in [1.29, 1.82) is 0 Å². The van der Waals surface area contributed by atoms with Crippen LogP contribution in [0.3, 0.4) is 0 Å². The monoisotopic (exact) mass is 221 g/mol. The summed E-state index contributed by atoms with van der Waals surface area (Å²) in [5.41, 5.74) is 0.741. The number of rotatable bonds is 4. The normalized spacial score (nSPS) is 30.4. The van der Waals surface area contributed by atoms with Gasteiger partial charge in [0.25, 0.3) is 0 Å². The summed E-state index contributed by atoms with van der Waals surface area (Å²) in [6.45, 7) is 7.22. The van der Waals surface area contributed by atoms with E-state index in [1.165, 1.54) is 57.8 Å². The zero-order valence-electron chi connectivity index (χ0n) is 11.5. The molecule has 0 bridgehead atoms. The molecule has 0 heteroatoms. The van der Waals surface area contributed by atoms with Crippen LogP contribution in [0.1, 0.15) is 78.6 Å². The molecule has 0 N–H and O–H groups in total. The standard InChI is InChI=1S/C16H29/c1-4-10-16(11-5-6-12-16)15-9-7-8-14(15)13(2)3/h13,15H,4-12H2,1-3H3. The quantitative estimate of drug-likeness (QED) is 0.598. The van der Waals surface area contributed by atoms with Crippen LogP contribution in [0.4, 0.5) is 0 Å². The molecule has 16 heavy (non-hydrogen) atoms. The highest BCUT2D eigenvalue weighted by molar-refractivity contribution is 5.11. The lowest BCUT2D eigenvalue weighted by molar-refractivity contribution is 0.154. The SMILES string of the molecule is CCCC1(C2CCC[C]2C(C)C)CCCC1. The molecule has 2 rings (SSSR count). The topological polar surface area (TPSA) is 0 Å². The first kappa shape index (κ1) is 12.5. The highest BCUT2D eigenvalue weighted by atomic mass is 14.5. The average molecular weight is 221 g/mol. The van der Waals surface area contributed by atoms with Gasteiger partial charge in [-0.05, 0) is 55.3 Å². The second kappa shape index (κ2) is 5.10. The van der Waals surface area contributed by atoms with Gasteiger partial charge in [-0.25, -0.2) is 0 Å². The van der Waals surface area contributed by atoms with Crippen LogP contribution >= 0.6 is 0 Å². The van der Waals surface area contributed by atoms with Crippen LogP contribution < -0.4 is 0 Å². The van der Waals surface area contributed by atoms with Gasteiger partial charge in [-0.15, -0.1) is 0 Å². The molecule has 0 saturated heterocycles. The van der Waals surface area contributed by atoms with Gasteiger partial charge in [0.1, 0.15) is 0 Å². The van der Waals surface area contributed by atoms with Gasteiger partial charge < -0.3 is 0 Å². The van der Waals surface area contributed by atoms with E-state index < -0.39 is 0 Å². The van der Waals surface area contributed by atoms with E-state index in [1.54, 1.807) is 0 Å². The Morgan fingerprint density at radius 2 is 1.88 bits per heavy atom. The summed E-state index contributed by atoms with van der Waals surface area (Å²) in [5, 5.41) is 0. The van der Waals surface area contributed by atoms with Gasteiger partial charge in [0.2, 0.25) is 0 Å². The highest BCUT2D eigenvalue weighted by Gasteiger charge is 2.46. The first-order valence-electron chi connectivity index (χ1n) is 7.55. The number of hydrogen-bond acceptors (Lipinski definition) is 0. The van der Waals surface area contributed by atoms with E-state index in [0.29, 0.717) is 0 Å². The van der Waals surface area contributed by atoms with E-state index in [9.17, 15) is 0 Å². The average Bonchev–Trinajstić information content (AvgIpc) is 2.85. The molecular formula is C16H29. The molecule has 0 nitrogen and oxygen atoms in total. The van der Waals surface area contributed by atoms with Gasteiger partial charge in [-0.3, -0.25) is 0 Å². The Balaban J connectivity index is 2.12. The Morgan fingerprint density at radius 1 is 1.19 bits per heavy atom. The van der Waals surface area contributed by atoms with Crippen molar-refractivity contribution in [3.8, 4) is 0 Å². The Morgan fingerprint density at radius 3 is 2.44 bits per heavy atom. The minimum atomic E-state index is 0.741.